The lowest BCUT2D eigenvalue weighted by atomic mass is 10.2. The Balaban J connectivity index is 2.68. The van der Waals surface area contributed by atoms with E-state index in [1.54, 1.807) is 6.20 Å². The molecule has 1 unspecified atom stereocenters. The molecular weight excluding hydrogens is 178 g/mol. The zero-order valence-corrected chi connectivity index (χ0v) is 8.90. The van der Waals surface area contributed by atoms with Gasteiger partial charge < -0.3 is 10.5 Å². The van der Waals surface area contributed by atoms with Gasteiger partial charge in [0.2, 0.25) is 0 Å². The van der Waals surface area contributed by atoms with Gasteiger partial charge in [-0.25, -0.2) is 9.97 Å². The minimum Gasteiger partial charge on any atom is -0.461 e. The highest BCUT2D eigenvalue weighted by Crippen LogP contribution is 2.06. The van der Waals surface area contributed by atoms with Gasteiger partial charge in [-0.05, 0) is 26.8 Å². The molecule has 0 aliphatic rings. The number of nitrogens with two attached hydrogens (primary N) is 1. The highest BCUT2D eigenvalue weighted by Gasteiger charge is 2.04. The summed E-state index contributed by atoms with van der Waals surface area (Å²) in [6.45, 7) is 5.84. The minimum atomic E-state index is 0.0977. The fraction of sp³-hybridized carbons (Fsp3) is 0.600. The van der Waals surface area contributed by atoms with Gasteiger partial charge in [0.15, 0.2) is 0 Å². The summed E-state index contributed by atoms with van der Waals surface area (Å²) in [5.74, 6) is 0. The molecule has 0 aliphatic carbocycles. The first-order valence-electron chi connectivity index (χ1n) is 4.82. The van der Waals surface area contributed by atoms with Crippen LogP contribution in [0.3, 0.4) is 0 Å². The molecule has 1 aromatic heterocycles. The lowest BCUT2D eigenvalue weighted by Crippen LogP contribution is -2.19. The third-order valence-corrected chi connectivity index (χ3v) is 1.56. The minimum absolute atomic E-state index is 0.0977. The summed E-state index contributed by atoms with van der Waals surface area (Å²) < 4.78 is 5.37. The highest BCUT2D eigenvalue weighted by atomic mass is 16.5. The molecule has 0 saturated carbocycles. The van der Waals surface area contributed by atoms with E-state index in [2.05, 4.69) is 9.97 Å². The van der Waals surface area contributed by atoms with Crippen molar-refractivity contribution in [2.75, 3.05) is 0 Å². The van der Waals surface area contributed by atoms with E-state index in [0.717, 1.165) is 12.1 Å². The third-order valence-electron chi connectivity index (χ3n) is 1.56. The molecule has 14 heavy (non-hydrogen) atoms. The molecule has 1 rings (SSSR count). The highest BCUT2D eigenvalue weighted by molar-refractivity contribution is 5.06. The second-order valence-electron chi connectivity index (χ2n) is 3.68. The first-order chi connectivity index (χ1) is 6.58. The molecule has 1 atom stereocenters. The van der Waals surface area contributed by atoms with Crippen molar-refractivity contribution in [1.82, 2.24) is 9.97 Å². The summed E-state index contributed by atoms with van der Waals surface area (Å²) in [6.07, 6.45) is 2.54. The average Bonchev–Trinajstić information content (AvgIpc) is 2.01. The number of hydrogen-bond donors (Lipinski definition) is 1. The molecule has 1 aromatic rings. The Hall–Kier alpha value is -1.16. The predicted octanol–water partition coefficient (Wildman–Crippen LogP) is 1.15. The van der Waals surface area contributed by atoms with Gasteiger partial charge in [0.25, 0.3) is 0 Å². The van der Waals surface area contributed by atoms with Crippen molar-refractivity contribution in [1.29, 1.82) is 0 Å². The van der Waals surface area contributed by atoms with E-state index in [1.807, 2.05) is 26.8 Å². The Morgan fingerprint density at radius 1 is 1.43 bits per heavy atom. The largest absolute Gasteiger partial charge is 0.461 e. The Labute approximate surface area is 84.5 Å². The van der Waals surface area contributed by atoms with Crippen LogP contribution >= 0.6 is 0 Å². The number of rotatable bonds is 4. The van der Waals surface area contributed by atoms with Crippen molar-refractivity contribution in [3.63, 3.8) is 0 Å². The van der Waals surface area contributed by atoms with Crippen LogP contribution in [0.1, 0.15) is 26.5 Å². The molecule has 0 aromatic carbocycles. The number of aromatic nitrogens is 2. The summed E-state index contributed by atoms with van der Waals surface area (Å²) in [6, 6.07) is 2.39. The van der Waals surface area contributed by atoms with E-state index in [9.17, 15) is 0 Å². The van der Waals surface area contributed by atoms with Gasteiger partial charge in [-0.15, -0.1) is 0 Å². The summed E-state index contributed by atoms with van der Waals surface area (Å²) in [4.78, 5) is 8.25. The van der Waals surface area contributed by atoms with Gasteiger partial charge >= 0.3 is 6.01 Å². The summed E-state index contributed by atoms with van der Waals surface area (Å²) in [7, 11) is 0. The molecule has 0 bridgehead atoms. The monoisotopic (exact) mass is 195 g/mol. The number of nitrogens with zero attached hydrogens (tertiary/aromatic N) is 2. The molecule has 0 spiro atoms. The lowest BCUT2D eigenvalue weighted by Gasteiger charge is -2.09. The first-order valence-corrected chi connectivity index (χ1v) is 4.82. The zero-order valence-electron chi connectivity index (χ0n) is 8.90. The standard InChI is InChI=1S/C10H17N3O/c1-7(2)14-10-12-5-4-9(13-10)6-8(3)11/h4-5,7-8H,6,11H2,1-3H3. The fourth-order valence-electron chi connectivity index (χ4n) is 1.09. The lowest BCUT2D eigenvalue weighted by molar-refractivity contribution is 0.221. The van der Waals surface area contributed by atoms with Gasteiger partial charge in [-0.3, -0.25) is 0 Å². The third kappa shape index (κ3) is 3.70. The van der Waals surface area contributed by atoms with Crippen molar-refractivity contribution in [2.24, 2.45) is 5.73 Å². The van der Waals surface area contributed by atoms with Crippen LogP contribution in [0.5, 0.6) is 6.01 Å². The summed E-state index contributed by atoms with van der Waals surface area (Å²) in [5, 5.41) is 0. The van der Waals surface area contributed by atoms with Crippen LogP contribution in [0.4, 0.5) is 0 Å². The second kappa shape index (κ2) is 4.91. The maximum atomic E-state index is 5.67. The van der Waals surface area contributed by atoms with Gasteiger partial charge in [-0.2, -0.15) is 0 Å². The van der Waals surface area contributed by atoms with Crippen molar-refractivity contribution < 1.29 is 4.74 Å². The van der Waals surface area contributed by atoms with Crippen LogP contribution in [0.25, 0.3) is 0 Å². The van der Waals surface area contributed by atoms with Gasteiger partial charge in [0.05, 0.1) is 6.10 Å². The van der Waals surface area contributed by atoms with Crippen LogP contribution in [0, 0.1) is 0 Å². The number of ether oxygens (including phenoxy) is 1. The molecule has 0 aliphatic heterocycles. The van der Waals surface area contributed by atoms with Crippen LogP contribution in [0.2, 0.25) is 0 Å². The van der Waals surface area contributed by atoms with Crippen LogP contribution < -0.4 is 10.5 Å². The molecular formula is C10H17N3O. The van der Waals surface area contributed by atoms with E-state index >= 15 is 0 Å². The molecule has 0 fully saturated rings. The molecule has 78 valence electrons. The first kappa shape index (κ1) is 10.9. The molecule has 2 N–H and O–H groups in total. The molecule has 0 radical (unpaired) electrons. The maximum Gasteiger partial charge on any atom is 0.316 e. The molecule has 4 heteroatoms. The van der Waals surface area contributed by atoms with Crippen molar-refractivity contribution in [3.8, 4) is 6.01 Å². The molecule has 0 saturated heterocycles. The summed E-state index contributed by atoms with van der Waals surface area (Å²) >= 11 is 0. The van der Waals surface area contributed by atoms with Crippen LogP contribution in [-0.4, -0.2) is 22.1 Å². The van der Waals surface area contributed by atoms with E-state index in [-0.39, 0.29) is 12.1 Å². The van der Waals surface area contributed by atoms with Gasteiger partial charge in [0.1, 0.15) is 0 Å². The normalized spacial score (nSPS) is 12.9. The predicted molar refractivity (Wildman–Crippen MR) is 55.1 cm³/mol. The summed E-state index contributed by atoms with van der Waals surface area (Å²) in [5.41, 5.74) is 6.60. The average molecular weight is 195 g/mol. The van der Waals surface area contributed by atoms with Crippen molar-refractivity contribution in [2.45, 2.75) is 39.3 Å². The second-order valence-corrected chi connectivity index (χ2v) is 3.68. The van der Waals surface area contributed by atoms with E-state index in [1.165, 1.54) is 0 Å². The topological polar surface area (TPSA) is 61.0 Å². The zero-order chi connectivity index (χ0) is 10.6. The number of hydrogen-bond acceptors (Lipinski definition) is 4. The van der Waals surface area contributed by atoms with Crippen molar-refractivity contribution >= 4 is 0 Å². The van der Waals surface area contributed by atoms with E-state index < -0.39 is 0 Å². The maximum absolute atomic E-state index is 5.67. The Bertz CT molecular complexity index is 261. The van der Waals surface area contributed by atoms with Crippen LogP contribution in [-0.2, 0) is 6.42 Å². The van der Waals surface area contributed by atoms with Gasteiger partial charge in [0, 0.05) is 24.4 Å². The SMILES string of the molecule is CC(N)Cc1ccnc(OC(C)C)n1. The van der Waals surface area contributed by atoms with Gasteiger partial charge in [-0.1, -0.05) is 0 Å². The fourth-order valence-corrected chi connectivity index (χ4v) is 1.09. The van der Waals surface area contributed by atoms with E-state index in [4.69, 9.17) is 10.5 Å². The molecule has 1 heterocycles. The van der Waals surface area contributed by atoms with Crippen LogP contribution in [0.15, 0.2) is 12.3 Å². The quantitative estimate of drug-likeness (QED) is 0.783. The Kier molecular flexibility index (Phi) is 3.83. The van der Waals surface area contributed by atoms with Crippen molar-refractivity contribution in [3.05, 3.63) is 18.0 Å². The molecule has 0 amide bonds. The Morgan fingerprint density at radius 3 is 2.71 bits per heavy atom. The smallest absolute Gasteiger partial charge is 0.316 e. The van der Waals surface area contributed by atoms with E-state index in [0.29, 0.717) is 6.01 Å². The Morgan fingerprint density at radius 2 is 2.14 bits per heavy atom. The molecule has 4 nitrogen and oxygen atoms in total.